The lowest BCUT2D eigenvalue weighted by molar-refractivity contribution is 0.445. The molecule has 0 fully saturated rings. The van der Waals surface area contributed by atoms with Gasteiger partial charge in [-0.1, -0.05) is 56.3 Å². The van der Waals surface area contributed by atoms with E-state index >= 15 is 0 Å². The summed E-state index contributed by atoms with van der Waals surface area (Å²) in [5.74, 6) is 0. The van der Waals surface area contributed by atoms with Crippen molar-refractivity contribution < 1.29 is 12.8 Å². The number of hydrogen-bond donors (Lipinski definition) is 0. The van der Waals surface area contributed by atoms with E-state index in [1.807, 2.05) is 55.5 Å². The second kappa shape index (κ2) is 10.8. The van der Waals surface area contributed by atoms with Crippen LogP contribution in [0.25, 0.3) is 27.9 Å². The van der Waals surface area contributed by atoms with Crippen LogP contribution in [0, 0.1) is 6.92 Å². The van der Waals surface area contributed by atoms with Gasteiger partial charge in [0.25, 0.3) is 0 Å². The average molecular weight is 541 g/mol. The summed E-state index contributed by atoms with van der Waals surface area (Å²) in [4.78, 5) is 17.8. The van der Waals surface area contributed by atoms with Crippen LogP contribution < -0.4 is 5.63 Å². The van der Waals surface area contributed by atoms with Crippen molar-refractivity contribution in [1.29, 1.82) is 0 Å². The Morgan fingerprint density at radius 3 is 2.44 bits per heavy atom. The third kappa shape index (κ3) is 5.19. The number of sulfonamides is 1. The van der Waals surface area contributed by atoms with Crippen LogP contribution in [0.15, 0.2) is 104 Å². The Kier molecular flexibility index (Phi) is 7.28. The fourth-order valence-electron chi connectivity index (χ4n) is 4.41. The van der Waals surface area contributed by atoms with Gasteiger partial charge in [0, 0.05) is 36.5 Å². The van der Waals surface area contributed by atoms with E-state index in [1.165, 1.54) is 4.31 Å². The fraction of sp³-hybridized carbons (Fsp3) is 0.167. The Hall–Kier alpha value is -4.34. The monoisotopic (exact) mass is 540 g/mol. The average Bonchev–Trinajstić information content (AvgIpc) is 3.37. The summed E-state index contributed by atoms with van der Waals surface area (Å²) < 4.78 is 35.5. The molecule has 8 nitrogen and oxygen atoms in total. The van der Waals surface area contributed by atoms with Crippen LogP contribution >= 0.6 is 0 Å². The van der Waals surface area contributed by atoms with Crippen molar-refractivity contribution in [3.8, 4) is 16.9 Å². The maximum atomic E-state index is 13.4. The number of aromatic nitrogens is 2. The maximum absolute atomic E-state index is 13.4. The van der Waals surface area contributed by atoms with Crippen molar-refractivity contribution >= 4 is 32.9 Å². The molecule has 5 aromatic rings. The molecule has 0 aliphatic carbocycles. The number of nitrogens with zero attached hydrogens (tertiary/aromatic N) is 4. The summed E-state index contributed by atoms with van der Waals surface area (Å²) in [6.07, 6.45) is 3.30. The minimum atomic E-state index is -3.76. The maximum Gasteiger partial charge on any atom is 0.345 e. The van der Waals surface area contributed by atoms with E-state index in [-0.39, 0.29) is 10.5 Å². The van der Waals surface area contributed by atoms with Crippen molar-refractivity contribution in [2.75, 3.05) is 13.1 Å². The molecule has 198 valence electrons. The van der Waals surface area contributed by atoms with Crippen molar-refractivity contribution in [2.24, 2.45) is 4.99 Å². The number of aliphatic imine (C=N–C) groups is 1. The number of fused-ring (bicyclic) bond motifs is 1. The highest BCUT2D eigenvalue weighted by atomic mass is 32.2. The molecule has 0 N–H and O–H groups in total. The second-order valence-corrected chi connectivity index (χ2v) is 10.9. The van der Waals surface area contributed by atoms with Crippen LogP contribution in [-0.4, -0.2) is 41.8 Å². The van der Waals surface area contributed by atoms with E-state index in [0.29, 0.717) is 35.6 Å². The second-order valence-electron chi connectivity index (χ2n) is 9.02. The molecule has 5 rings (SSSR count). The third-order valence-corrected chi connectivity index (χ3v) is 8.52. The molecule has 2 aromatic heterocycles. The SMILES string of the molecule is CCN(CC)S(=O)(=O)c1cc(C)ccc1N=Cc1cn(-c2ccccc2)nc1-c1cc2ccccc2oc1=O. The number of hydrogen-bond acceptors (Lipinski definition) is 6. The van der Waals surface area contributed by atoms with E-state index in [9.17, 15) is 13.2 Å². The van der Waals surface area contributed by atoms with Crippen LogP contribution in [0.2, 0.25) is 0 Å². The summed E-state index contributed by atoms with van der Waals surface area (Å²) in [5.41, 5.74) is 3.06. The Bertz CT molecular complexity index is 1840. The first-order valence-electron chi connectivity index (χ1n) is 12.6. The van der Waals surface area contributed by atoms with E-state index in [1.54, 1.807) is 61.3 Å². The highest BCUT2D eigenvalue weighted by Gasteiger charge is 2.25. The van der Waals surface area contributed by atoms with Crippen molar-refractivity contribution in [3.63, 3.8) is 0 Å². The molecule has 0 saturated heterocycles. The minimum Gasteiger partial charge on any atom is -0.422 e. The Morgan fingerprint density at radius 1 is 0.974 bits per heavy atom. The van der Waals surface area contributed by atoms with Crippen molar-refractivity contribution in [2.45, 2.75) is 25.7 Å². The van der Waals surface area contributed by atoms with Crippen LogP contribution in [0.3, 0.4) is 0 Å². The van der Waals surface area contributed by atoms with Gasteiger partial charge in [-0.2, -0.15) is 9.40 Å². The smallest absolute Gasteiger partial charge is 0.345 e. The van der Waals surface area contributed by atoms with Gasteiger partial charge in [0.15, 0.2) is 0 Å². The van der Waals surface area contributed by atoms with Gasteiger partial charge in [-0.25, -0.2) is 17.9 Å². The molecule has 0 aliphatic heterocycles. The predicted molar refractivity (Wildman–Crippen MR) is 154 cm³/mol. The van der Waals surface area contributed by atoms with Gasteiger partial charge < -0.3 is 4.42 Å². The molecule has 0 aliphatic rings. The van der Waals surface area contributed by atoms with Gasteiger partial charge in [0.1, 0.15) is 16.2 Å². The molecule has 0 atom stereocenters. The first-order valence-corrected chi connectivity index (χ1v) is 14.1. The number of benzene rings is 3. The van der Waals surface area contributed by atoms with Gasteiger partial charge in [-0.3, -0.25) is 4.99 Å². The molecule has 0 amide bonds. The first kappa shape index (κ1) is 26.3. The summed E-state index contributed by atoms with van der Waals surface area (Å²) in [5, 5.41) is 5.47. The van der Waals surface area contributed by atoms with Crippen LogP contribution in [0.1, 0.15) is 25.0 Å². The Balaban J connectivity index is 1.67. The molecule has 9 heteroatoms. The molecule has 39 heavy (non-hydrogen) atoms. The first-order chi connectivity index (χ1) is 18.8. The van der Waals surface area contributed by atoms with Gasteiger partial charge in [0.2, 0.25) is 10.0 Å². The van der Waals surface area contributed by atoms with Gasteiger partial charge in [0.05, 0.1) is 16.9 Å². The normalized spacial score (nSPS) is 12.1. The zero-order chi connectivity index (χ0) is 27.6. The molecule has 0 spiro atoms. The van der Waals surface area contributed by atoms with Crippen LogP contribution in [-0.2, 0) is 10.0 Å². The molecule has 0 bridgehead atoms. The van der Waals surface area contributed by atoms with Crippen molar-refractivity contribution in [1.82, 2.24) is 14.1 Å². The quantitative estimate of drug-likeness (QED) is 0.185. The number of para-hydroxylation sites is 2. The lowest BCUT2D eigenvalue weighted by Gasteiger charge is -2.19. The standard InChI is InChI=1S/C30H28N4O4S/c1-4-33(5-2)39(36,37)28-17-21(3)15-16-26(28)31-19-23-20-34(24-12-7-6-8-13-24)32-29(23)25-18-22-11-9-10-14-27(22)38-30(25)35/h6-20H,4-5H2,1-3H3. The highest BCUT2D eigenvalue weighted by Crippen LogP contribution is 2.29. The van der Waals surface area contributed by atoms with E-state index in [2.05, 4.69) is 4.99 Å². The summed E-state index contributed by atoms with van der Waals surface area (Å²) >= 11 is 0. The lowest BCUT2D eigenvalue weighted by Crippen LogP contribution is -2.30. The lowest BCUT2D eigenvalue weighted by atomic mass is 10.1. The minimum absolute atomic E-state index is 0.129. The van der Waals surface area contributed by atoms with Gasteiger partial charge >= 0.3 is 5.63 Å². The Labute approximate surface area is 226 Å². The zero-order valence-electron chi connectivity index (χ0n) is 21.9. The topological polar surface area (TPSA) is 97.8 Å². The number of rotatable bonds is 8. The summed E-state index contributed by atoms with van der Waals surface area (Å²) in [6, 6.07) is 23.6. The van der Waals surface area contributed by atoms with Gasteiger partial charge in [-0.15, -0.1) is 0 Å². The molecular weight excluding hydrogens is 512 g/mol. The molecule has 3 aromatic carbocycles. The largest absolute Gasteiger partial charge is 0.422 e. The zero-order valence-corrected chi connectivity index (χ0v) is 22.7. The van der Waals surface area contributed by atoms with Crippen molar-refractivity contribution in [3.05, 3.63) is 107 Å². The summed E-state index contributed by atoms with van der Waals surface area (Å²) in [6.45, 7) is 6.15. The van der Waals surface area contributed by atoms with E-state index in [0.717, 1.165) is 16.6 Å². The third-order valence-electron chi connectivity index (χ3n) is 6.44. The Morgan fingerprint density at radius 2 is 1.69 bits per heavy atom. The van der Waals surface area contributed by atoms with Crippen LogP contribution in [0.4, 0.5) is 5.69 Å². The fourth-order valence-corrected chi connectivity index (χ4v) is 6.09. The molecule has 0 unspecified atom stereocenters. The molecule has 0 radical (unpaired) electrons. The highest BCUT2D eigenvalue weighted by molar-refractivity contribution is 7.89. The van der Waals surface area contributed by atoms with E-state index < -0.39 is 15.6 Å². The summed E-state index contributed by atoms with van der Waals surface area (Å²) in [7, 11) is -3.76. The van der Waals surface area contributed by atoms with Gasteiger partial charge in [-0.05, 0) is 48.9 Å². The van der Waals surface area contributed by atoms with Crippen LogP contribution in [0.5, 0.6) is 0 Å². The molecule has 2 heterocycles. The number of aryl methyl sites for hydroxylation is 1. The molecule has 0 saturated carbocycles. The predicted octanol–water partition coefficient (Wildman–Crippen LogP) is 5.74. The van der Waals surface area contributed by atoms with E-state index in [4.69, 9.17) is 9.52 Å². The molecular formula is C30H28N4O4S.